The van der Waals surface area contributed by atoms with Gasteiger partial charge in [-0.05, 0) is 24.6 Å². The molecule has 106 valence electrons. The van der Waals surface area contributed by atoms with Crippen LogP contribution in [0.3, 0.4) is 0 Å². The lowest BCUT2D eigenvalue weighted by molar-refractivity contribution is 0.782. The van der Waals surface area contributed by atoms with Crippen LogP contribution in [0, 0.1) is 6.92 Å². The Hall–Kier alpha value is -2.14. The fourth-order valence-corrected chi connectivity index (χ4v) is 3.01. The number of nitrogens with two attached hydrogens (primary N) is 1. The number of aryl methyl sites for hydroxylation is 2. The van der Waals surface area contributed by atoms with E-state index in [9.17, 15) is 0 Å². The van der Waals surface area contributed by atoms with Crippen molar-refractivity contribution in [2.24, 2.45) is 7.05 Å². The number of nitrogens with zero attached hydrogens (tertiary/aromatic N) is 3. The summed E-state index contributed by atoms with van der Waals surface area (Å²) >= 11 is 3.62. The van der Waals surface area contributed by atoms with E-state index in [1.54, 1.807) is 17.1 Å². The number of pyridine rings is 1. The van der Waals surface area contributed by atoms with Crippen LogP contribution in [0.1, 0.15) is 5.56 Å². The topological polar surface area (TPSA) is 56.7 Å². The maximum absolute atomic E-state index is 6.21. The van der Waals surface area contributed by atoms with Gasteiger partial charge >= 0.3 is 0 Å². The Balaban J connectivity index is 2.27. The van der Waals surface area contributed by atoms with Crippen molar-refractivity contribution in [2.45, 2.75) is 6.92 Å². The summed E-state index contributed by atoms with van der Waals surface area (Å²) in [5.74, 6) is 0.630. The molecule has 0 amide bonds. The highest BCUT2D eigenvalue weighted by Crippen LogP contribution is 2.38. The summed E-state index contributed by atoms with van der Waals surface area (Å²) in [4.78, 5) is 4.18. The average Bonchev–Trinajstić information content (AvgIpc) is 2.75. The summed E-state index contributed by atoms with van der Waals surface area (Å²) in [6, 6.07) is 10.1. The largest absolute Gasteiger partial charge is 0.383 e. The van der Waals surface area contributed by atoms with E-state index in [1.165, 1.54) is 5.56 Å². The summed E-state index contributed by atoms with van der Waals surface area (Å²) < 4.78 is 2.70. The number of hydrogen-bond acceptors (Lipinski definition) is 3. The molecule has 2 aromatic heterocycles. The molecule has 3 rings (SSSR count). The minimum Gasteiger partial charge on any atom is -0.383 e. The van der Waals surface area contributed by atoms with E-state index in [0.717, 1.165) is 26.9 Å². The molecule has 0 aliphatic carbocycles. The highest BCUT2D eigenvalue weighted by Gasteiger charge is 2.19. The zero-order valence-corrected chi connectivity index (χ0v) is 13.4. The summed E-state index contributed by atoms with van der Waals surface area (Å²) in [7, 11) is 1.85. The fourth-order valence-electron chi connectivity index (χ4n) is 2.33. The third-order valence-electron chi connectivity index (χ3n) is 3.42. The highest BCUT2D eigenvalue weighted by atomic mass is 79.9. The average molecular weight is 343 g/mol. The maximum atomic E-state index is 6.21. The molecule has 0 bridgehead atoms. The van der Waals surface area contributed by atoms with Crippen LogP contribution in [0.4, 0.5) is 5.82 Å². The van der Waals surface area contributed by atoms with Gasteiger partial charge in [0.1, 0.15) is 11.5 Å². The molecule has 0 radical (unpaired) electrons. The number of rotatable bonds is 2. The molecule has 5 heteroatoms. The predicted molar refractivity (Wildman–Crippen MR) is 88.7 cm³/mol. The van der Waals surface area contributed by atoms with Gasteiger partial charge < -0.3 is 5.73 Å². The molecule has 0 aliphatic rings. The van der Waals surface area contributed by atoms with Gasteiger partial charge in [-0.1, -0.05) is 34.1 Å². The van der Waals surface area contributed by atoms with Crippen molar-refractivity contribution in [3.8, 4) is 22.4 Å². The normalized spacial score (nSPS) is 10.8. The number of anilines is 1. The van der Waals surface area contributed by atoms with Gasteiger partial charge in [-0.2, -0.15) is 5.10 Å². The number of aromatic nitrogens is 3. The molecule has 21 heavy (non-hydrogen) atoms. The second kappa shape index (κ2) is 5.33. The first-order valence-corrected chi connectivity index (χ1v) is 7.36. The van der Waals surface area contributed by atoms with Crippen molar-refractivity contribution in [1.82, 2.24) is 14.8 Å². The lowest BCUT2D eigenvalue weighted by Crippen LogP contribution is -1.98. The van der Waals surface area contributed by atoms with Gasteiger partial charge in [0.2, 0.25) is 0 Å². The van der Waals surface area contributed by atoms with Crippen molar-refractivity contribution in [3.05, 3.63) is 52.8 Å². The SMILES string of the molecule is Cc1ccc(-c2nn(C)c(N)c2-c2cccnc2)c(Br)c1. The zero-order chi connectivity index (χ0) is 15.0. The molecule has 0 saturated carbocycles. The van der Waals surface area contributed by atoms with Crippen LogP contribution in [0.15, 0.2) is 47.2 Å². The van der Waals surface area contributed by atoms with Crippen molar-refractivity contribution in [3.63, 3.8) is 0 Å². The van der Waals surface area contributed by atoms with E-state index in [-0.39, 0.29) is 0 Å². The smallest absolute Gasteiger partial charge is 0.129 e. The number of halogens is 1. The first-order valence-electron chi connectivity index (χ1n) is 6.57. The molecule has 3 aromatic rings. The second-order valence-corrected chi connectivity index (χ2v) is 5.81. The number of nitrogen functional groups attached to an aromatic ring is 1. The Bertz CT molecular complexity index is 794. The molecular weight excluding hydrogens is 328 g/mol. The van der Waals surface area contributed by atoms with Gasteiger partial charge in [-0.3, -0.25) is 9.67 Å². The van der Waals surface area contributed by atoms with Crippen LogP contribution in [-0.4, -0.2) is 14.8 Å². The first-order chi connectivity index (χ1) is 10.1. The minimum absolute atomic E-state index is 0.630. The lowest BCUT2D eigenvalue weighted by atomic mass is 10.0. The third kappa shape index (κ3) is 2.45. The van der Waals surface area contributed by atoms with Crippen LogP contribution in [0.25, 0.3) is 22.4 Å². The Morgan fingerprint density at radius 3 is 2.71 bits per heavy atom. The fraction of sp³-hybridized carbons (Fsp3) is 0.125. The van der Waals surface area contributed by atoms with Crippen LogP contribution in [-0.2, 0) is 7.05 Å². The summed E-state index contributed by atoms with van der Waals surface area (Å²) in [6.45, 7) is 2.06. The van der Waals surface area contributed by atoms with Crippen LogP contribution < -0.4 is 5.73 Å². The monoisotopic (exact) mass is 342 g/mol. The first kappa shape index (κ1) is 13.8. The minimum atomic E-state index is 0.630. The van der Waals surface area contributed by atoms with Crippen LogP contribution >= 0.6 is 15.9 Å². The molecule has 0 fully saturated rings. The van der Waals surface area contributed by atoms with Gasteiger partial charge in [0.05, 0.1) is 5.56 Å². The number of hydrogen-bond donors (Lipinski definition) is 1. The van der Waals surface area contributed by atoms with E-state index in [4.69, 9.17) is 5.73 Å². The van der Waals surface area contributed by atoms with E-state index in [1.807, 2.05) is 19.2 Å². The Morgan fingerprint density at radius 2 is 2.05 bits per heavy atom. The standard InChI is InChI=1S/C16H15BrN4/c1-10-5-6-12(13(17)8-10)15-14(16(18)21(2)20-15)11-4-3-7-19-9-11/h3-9H,18H2,1-2H3. The van der Waals surface area contributed by atoms with Gasteiger partial charge in [0.25, 0.3) is 0 Å². The van der Waals surface area contributed by atoms with Gasteiger partial charge in [-0.15, -0.1) is 0 Å². The predicted octanol–water partition coefficient (Wildman–Crippen LogP) is 3.80. The van der Waals surface area contributed by atoms with E-state index >= 15 is 0 Å². The molecule has 1 aromatic carbocycles. The second-order valence-electron chi connectivity index (χ2n) is 4.96. The lowest BCUT2D eigenvalue weighted by Gasteiger charge is -2.06. The molecule has 2 heterocycles. The molecule has 0 spiro atoms. The zero-order valence-electron chi connectivity index (χ0n) is 11.8. The van der Waals surface area contributed by atoms with Crippen molar-refractivity contribution < 1.29 is 0 Å². The summed E-state index contributed by atoms with van der Waals surface area (Å²) in [6.07, 6.45) is 3.55. The van der Waals surface area contributed by atoms with E-state index in [2.05, 4.69) is 51.1 Å². The van der Waals surface area contributed by atoms with Gasteiger partial charge in [0, 0.05) is 35.0 Å². The van der Waals surface area contributed by atoms with Crippen molar-refractivity contribution in [1.29, 1.82) is 0 Å². The molecule has 0 atom stereocenters. The van der Waals surface area contributed by atoms with E-state index in [0.29, 0.717) is 5.82 Å². The maximum Gasteiger partial charge on any atom is 0.129 e. The van der Waals surface area contributed by atoms with Crippen molar-refractivity contribution >= 4 is 21.7 Å². The third-order valence-corrected chi connectivity index (χ3v) is 4.08. The Morgan fingerprint density at radius 1 is 1.24 bits per heavy atom. The Labute approximate surface area is 131 Å². The quantitative estimate of drug-likeness (QED) is 0.770. The molecule has 0 saturated heterocycles. The molecular formula is C16H15BrN4. The molecule has 4 nitrogen and oxygen atoms in total. The van der Waals surface area contributed by atoms with Gasteiger partial charge in [0.15, 0.2) is 0 Å². The molecule has 0 aliphatic heterocycles. The van der Waals surface area contributed by atoms with Crippen molar-refractivity contribution in [2.75, 3.05) is 5.73 Å². The van der Waals surface area contributed by atoms with Crippen LogP contribution in [0.5, 0.6) is 0 Å². The molecule has 2 N–H and O–H groups in total. The molecule has 0 unspecified atom stereocenters. The summed E-state index contributed by atoms with van der Waals surface area (Å²) in [5.41, 5.74) is 11.2. The van der Waals surface area contributed by atoms with Gasteiger partial charge in [-0.25, -0.2) is 0 Å². The highest BCUT2D eigenvalue weighted by molar-refractivity contribution is 9.10. The Kier molecular flexibility index (Phi) is 3.51. The number of benzene rings is 1. The van der Waals surface area contributed by atoms with Crippen LogP contribution in [0.2, 0.25) is 0 Å². The van der Waals surface area contributed by atoms with E-state index < -0.39 is 0 Å². The summed E-state index contributed by atoms with van der Waals surface area (Å²) in [5, 5.41) is 4.58.